The number of carbonyl (C=O) groups excluding carboxylic acids is 2. The Morgan fingerprint density at radius 3 is 2.25 bits per heavy atom. The van der Waals surface area contributed by atoms with E-state index in [0.717, 1.165) is 9.87 Å². The molecule has 3 aromatic carbocycles. The summed E-state index contributed by atoms with van der Waals surface area (Å²) in [5.41, 5.74) is 1.76. The molecule has 0 aromatic heterocycles. The molecule has 0 saturated heterocycles. The lowest BCUT2D eigenvalue weighted by molar-refractivity contribution is -0.139. The Hall–Kier alpha value is -2.59. The molecule has 7 nitrogen and oxygen atoms in total. The van der Waals surface area contributed by atoms with Gasteiger partial charge in [0.2, 0.25) is 11.8 Å². The van der Waals surface area contributed by atoms with Crippen molar-refractivity contribution in [3.63, 3.8) is 0 Å². The molecule has 0 aliphatic heterocycles. The minimum atomic E-state index is -4.15. The van der Waals surface area contributed by atoms with Gasteiger partial charge in [0, 0.05) is 27.6 Å². The van der Waals surface area contributed by atoms with Crippen LogP contribution < -0.4 is 9.62 Å². The molecule has 3 rings (SSSR count). The van der Waals surface area contributed by atoms with Gasteiger partial charge in [0.1, 0.15) is 12.6 Å². The molecule has 0 aliphatic carbocycles. The van der Waals surface area contributed by atoms with E-state index in [2.05, 4.69) is 21.2 Å². The summed E-state index contributed by atoms with van der Waals surface area (Å²) >= 11 is 15.9. The van der Waals surface area contributed by atoms with Crippen LogP contribution in [0.2, 0.25) is 10.0 Å². The fourth-order valence-corrected chi connectivity index (χ4v) is 6.13. The van der Waals surface area contributed by atoms with Gasteiger partial charge in [-0.3, -0.25) is 13.9 Å². The monoisotopic (exact) mass is 667 g/mol. The molecule has 11 heteroatoms. The molecule has 0 aliphatic rings. The third kappa shape index (κ3) is 8.22. The number of anilines is 1. The van der Waals surface area contributed by atoms with E-state index >= 15 is 0 Å². The Morgan fingerprint density at radius 2 is 1.65 bits per heavy atom. The second-order valence-corrected chi connectivity index (χ2v) is 13.5. The van der Waals surface area contributed by atoms with Gasteiger partial charge in [0.15, 0.2) is 0 Å². The number of nitrogens with one attached hydrogen (secondary N) is 1. The Bertz CT molecular complexity index is 1470. The van der Waals surface area contributed by atoms with E-state index in [-0.39, 0.29) is 23.3 Å². The van der Waals surface area contributed by atoms with Gasteiger partial charge in [0.25, 0.3) is 10.0 Å². The summed E-state index contributed by atoms with van der Waals surface area (Å²) in [5, 5.41) is 3.62. The fraction of sp³-hybridized carbons (Fsp3) is 0.310. The molecule has 214 valence electrons. The molecule has 2 amide bonds. The summed E-state index contributed by atoms with van der Waals surface area (Å²) < 4.78 is 29.4. The maximum Gasteiger partial charge on any atom is 0.264 e. The summed E-state index contributed by atoms with van der Waals surface area (Å²) in [6.07, 6.45) is 0. The van der Waals surface area contributed by atoms with Gasteiger partial charge in [-0.05, 0) is 67.8 Å². The van der Waals surface area contributed by atoms with E-state index in [9.17, 15) is 18.0 Å². The number of amides is 2. The molecule has 0 fully saturated rings. The summed E-state index contributed by atoms with van der Waals surface area (Å²) in [5.74, 6) is -0.728. The number of nitrogens with zero attached hydrogens (tertiary/aromatic N) is 2. The van der Waals surface area contributed by atoms with Gasteiger partial charge < -0.3 is 10.2 Å². The van der Waals surface area contributed by atoms with E-state index in [1.165, 1.54) is 17.0 Å². The van der Waals surface area contributed by atoms with Crippen molar-refractivity contribution in [1.29, 1.82) is 0 Å². The third-order valence-electron chi connectivity index (χ3n) is 6.19. The highest BCUT2D eigenvalue weighted by atomic mass is 79.9. The van der Waals surface area contributed by atoms with Crippen LogP contribution in [-0.2, 0) is 26.2 Å². The lowest BCUT2D eigenvalue weighted by Crippen LogP contribution is -2.51. The number of halogens is 3. The lowest BCUT2D eigenvalue weighted by atomic mass is 10.1. The molecule has 0 heterocycles. The standard InChI is InChI=1S/C29H32BrCl2N3O4S/c1-19(2)16-33-29(37)21(4)34(17-22-10-11-24(31)15-27(22)32)28(36)18-35(25-7-5-6-23(30)14-25)40(38,39)26-12-8-20(3)9-13-26/h5-15,19,21H,16-18H2,1-4H3,(H,33,37)/t21-/m0/s1. The Labute approximate surface area is 254 Å². The van der Waals surface area contributed by atoms with Gasteiger partial charge >= 0.3 is 0 Å². The minimum Gasteiger partial charge on any atom is -0.354 e. The highest BCUT2D eigenvalue weighted by molar-refractivity contribution is 9.10. The van der Waals surface area contributed by atoms with Crippen LogP contribution >= 0.6 is 39.1 Å². The van der Waals surface area contributed by atoms with Crippen molar-refractivity contribution < 1.29 is 18.0 Å². The summed E-state index contributed by atoms with van der Waals surface area (Å²) in [7, 11) is -4.15. The zero-order valence-corrected chi connectivity index (χ0v) is 26.6. The van der Waals surface area contributed by atoms with Crippen LogP contribution in [0.5, 0.6) is 0 Å². The van der Waals surface area contributed by atoms with Gasteiger partial charge in [-0.25, -0.2) is 8.42 Å². The highest BCUT2D eigenvalue weighted by Crippen LogP contribution is 2.28. The zero-order valence-electron chi connectivity index (χ0n) is 22.7. The Kier molecular flexibility index (Phi) is 11.1. The van der Waals surface area contributed by atoms with Gasteiger partial charge in [-0.2, -0.15) is 0 Å². The van der Waals surface area contributed by atoms with Crippen molar-refractivity contribution in [3.05, 3.63) is 92.4 Å². The lowest BCUT2D eigenvalue weighted by Gasteiger charge is -2.32. The number of benzene rings is 3. The number of hydrogen-bond donors (Lipinski definition) is 1. The van der Waals surface area contributed by atoms with Crippen LogP contribution in [-0.4, -0.2) is 44.3 Å². The van der Waals surface area contributed by atoms with Crippen molar-refractivity contribution in [2.45, 2.75) is 45.2 Å². The molecule has 3 aromatic rings. The SMILES string of the molecule is Cc1ccc(S(=O)(=O)N(CC(=O)N(Cc2ccc(Cl)cc2Cl)[C@@H](C)C(=O)NCC(C)C)c2cccc(Br)c2)cc1. The number of carbonyl (C=O) groups is 2. The van der Waals surface area contributed by atoms with Crippen LogP contribution in [0.1, 0.15) is 31.9 Å². The minimum absolute atomic E-state index is 0.0258. The van der Waals surface area contributed by atoms with Crippen LogP contribution in [0.15, 0.2) is 76.1 Å². The van der Waals surface area contributed by atoms with Crippen molar-refractivity contribution in [2.75, 3.05) is 17.4 Å². The van der Waals surface area contributed by atoms with E-state index in [1.54, 1.807) is 61.5 Å². The van der Waals surface area contributed by atoms with Gasteiger partial charge in [0.05, 0.1) is 10.6 Å². The first kappa shape index (κ1) is 31.9. The van der Waals surface area contributed by atoms with Gasteiger partial charge in [-0.15, -0.1) is 0 Å². The Morgan fingerprint density at radius 1 is 0.975 bits per heavy atom. The third-order valence-corrected chi connectivity index (χ3v) is 9.06. The predicted octanol–water partition coefficient (Wildman–Crippen LogP) is 6.45. The first-order chi connectivity index (χ1) is 18.8. The second-order valence-electron chi connectivity index (χ2n) is 9.88. The summed E-state index contributed by atoms with van der Waals surface area (Å²) in [4.78, 5) is 28.4. The summed E-state index contributed by atoms with van der Waals surface area (Å²) in [6, 6.07) is 17.1. The molecule has 0 spiro atoms. The van der Waals surface area contributed by atoms with E-state index in [0.29, 0.717) is 32.3 Å². The molecular weight excluding hydrogens is 637 g/mol. The topological polar surface area (TPSA) is 86.8 Å². The molecule has 0 unspecified atom stereocenters. The number of aryl methyl sites for hydroxylation is 1. The number of rotatable bonds is 11. The molecule has 1 atom stereocenters. The van der Waals surface area contributed by atoms with E-state index in [4.69, 9.17) is 23.2 Å². The molecule has 0 radical (unpaired) electrons. The molecule has 40 heavy (non-hydrogen) atoms. The van der Waals surface area contributed by atoms with Crippen LogP contribution in [0, 0.1) is 12.8 Å². The molecule has 0 bridgehead atoms. The van der Waals surface area contributed by atoms with Crippen molar-refractivity contribution in [2.24, 2.45) is 5.92 Å². The zero-order chi connectivity index (χ0) is 29.6. The Balaban J connectivity index is 2.04. The van der Waals surface area contributed by atoms with E-state index < -0.39 is 28.5 Å². The highest BCUT2D eigenvalue weighted by Gasteiger charge is 2.33. The average molecular weight is 669 g/mol. The molecule has 0 saturated carbocycles. The second kappa shape index (κ2) is 13.9. The maximum atomic E-state index is 14.0. The fourth-order valence-electron chi connectivity index (χ4n) is 3.87. The van der Waals surface area contributed by atoms with Gasteiger partial charge in [-0.1, -0.05) is 82.8 Å². The summed E-state index contributed by atoms with van der Waals surface area (Å²) in [6.45, 7) is 7.26. The first-order valence-corrected chi connectivity index (χ1v) is 15.6. The predicted molar refractivity (Wildman–Crippen MR) is 164 cm³/mol. The number of sulfonamides is 1. The van der Waals surface area contributed by atoms with Crippen LogP contribution in [0.3, 0.4) is 0 Å². The van der Waals surface area contributed by atoms with Crippen LogP contribution in [0.25, 0.3) is 0 Å². The normalized spacial score (nSPS) is 12.2. The molecule has 1 N–H and O–H groups in total. The maximum absolute atomic E-state index is 14.0. The molecular formula is C29H32BrCl2N3O4S. The van der Waals surface area contributed by atoms with Crippen molar-refractivity contribution in [3.8, 4) is 0 Å². The largest absolute Gasteiger partial charge is 0.354 e. The van der Waals surface area contributed by atoms with Crippen molar-refractivity contribution >= 4 is 66.7 Å². The first-order valence-electron chi connectivity index (χ1n) is 12.7. The average Bonchev–Trinajstić information content (AvgIpc) is 2.89. The quantitative estimate of drug-likeness (QED) is 0.255. The van der Waals surface area contributed by atoms with Crippen LogP contribution in [0.4, 0.5) is 5.69 Å². The van der Waals surface area contributed by atoms with E-state index in [1.807, 2.05) is 20.8 Å². The number of hydrogen-bond acceptors (Lipinski definition) is 4. The van der Waals surface area contributed by atoms with Crippen molar-refractivity contribution in [1.82, 2.24) is 10.2 Å². The smallest absolute Gasteiger partial charge is 0.264 e.